The summed E-state index contributed by atoms with van der Waals surface area (Å²) < 4.78 is 46.3. The lowest BCUT2D eigenvalue weighted by Crippen LogP contribution is -2.16. The second-order valence-corrected chi connectivity index (χ2v) is 6.90. The highest BCUT2D eigenvalue weighted by Gasteiger charge is 2.31. The Labute approximate surface area is 166 Å². The molecule has 0 saturated heterocycles. The van der Waals surface area contributed by atoms with Crippen LogP contribution in [-0.4, -0.2) is 28.3 Å². The Morgan fingerprint density at radius 2 is 1.96 bits per heavy atom. The molecule has 0 saturated carbocycles. The van der Waals surface area contributed by atoms with Gasteiger partial charge >= 0.3 is 6.18 Å². The zero-order valence-corrected chi connectivity index (χ0v) is 16.6. The van der Waals surface area contributed by atoms with Crippen LogP contribution in [0.5, 0.6) is 0 Å². The Balaban J connectivity index is 2.20. The lowest BCUT2D eigenvalue weighted by Gasteiger charge is -2.19. The lowest BCUT2D eigenvalue weighted by molar-refractivity contribution is -0.137. The first-order chi connectivity index (χ1) is 13.3. The van der Waals surface area contributed by atoms with E-state index in [4.69, 9.17) is 21.3 Å². The number of fused-ring (bicyclic) bond motifs is 1. The van der Waals surface area contributed by atoms with Crippen LogP contribution >= 0.6 is 11.6 Å². The van der Waals surface area contributed by atoms with Crippen molar-refractivity contribution in [3.63, 3.8) is 0 Å². The number of alkyl halides is 3. The highest BCUT2D eigenvalue weighted by atomic mass is 35.5. The van der Waals surface area contributed by atoms with E-state index in [1.54, 1.807) is 13.3 Å². The van der Waals surface area contributed by atoms with Crippen LogP contribution in [0.2, 0.25) is 5.02 Å². The third-order valence-electron chi connectivity index (χ3n) is 4.74. The number of aromatic nitrogens is 3. The molecular formula is C20H21ClF3N3O. The van der Waals surface area contributed by atoms with Crippen LogP contribution in [0.15, 0.2) is 30.5 Å². The topological polar surface area (TPSA) is 39.9 Å². The van der Waals surface area contributed by atoms with Crippen LogP contribution < -0.4 is 0 Å². The molecule has 28 heavy (non-hydrogen) atoms. The SMILES string of the molecule is CCc1nc2c(-c3ccc(C(F)(F)F)cc3Cl)nccc2n1C(CC)COC. The molecular weight excluding hydrogens is 391 g/mol. The van der Waals surface area contributed by atoms with Gasteiger partial charge in [0.15, 0.2) is 0 Å². The van der Waals surface area contributed by atoms with Crippen LogP contribution in [0.25, 0.3) is 22.3 Å². The molecule has 0 radical (unpaired) electrons. The fourth-order valence-electron chi connectivity index (χ4n) is 3.38. The predicted octanol–water partition coefficient (Wildman–Crippen LogP) is 5.93. The molecule has 2 aromatic heterocycles. The summed E-state index contributed by atoms with van der Waals surface area (Å²) in [4.78, 5) is 9.11. The van der Waals surface area contributed by atoms with E-state index in [1.807, 2.05) is 13.0 Å². The Morgan fingerprint density at radius 3 is 2.54 bits per heavy atom. The first kappa shape index (κ1) is 20.6. The Bertz CT molecular complexity index is 985. The summed E-state index contributed by atoms with van der Waals surface area (Å²) in [6.07, 6.45) is -1.27. The number of nitrogens with zero attached hydrogens (tertiary/aromatic N) is 3. The fraction of sp³-hybridized carbons (Fsp3) is 0.400. The van der Waals surface area contributed by atoms with Gasteiger partial charge in [0.1, 0.15) is 11.3 Å². The van der Waals surface area contributed by atoms with Crippen LogP contribution in [0, 0.1) is 0 Å². The highest BCUT2D eigenvalue weighted by Crippen LogP contribution is 2.37. The second-order valence-electron chi connectivity index (χ2n) is 6.49. The minimum Gasteiger partial charge on any atom is -0.383 e. The number of hydrogen-bond donors (Lipinski definition) is 0. The van der Waals surface area contributed by atoms with Crippen molar-refractivity contribution in [2.45, 2.75) is 38.9 Å². The minimum atomic E-state index is -4.45. The van der Waals surface area contributed by atoms with Crippen LogP contribution in [-0.2, 0) is 17.3 Å². The van der Waals surface area contributed by atoms with E-state index >= 15 is 0 Å². The summed E-state index contributed by atoms with van der Waals surface area (Å²) in [5, 5.41) is -0.00800. The molecule has 1 unspecified atom stereocenters. The summed E-state index contributed by atoms with van der Waals surface area (Å²) in [6.45, 7) is 4.62. The smallest absolute Gasteiger partial charge is 0.383 e. The van der Waals surface area contributed by atoms with Gasteiger partial charge in [-0.25, -0.2) is 4.98 Å². The molecule has 150 valence electrons. The molecule has 0 aliphatic rings. The number of pyridine rings is 1. The van der Waals surface area contributed by atoms with Crippen LogP contribution in [0.4, 0.5) is 13.2 Å². The fourth-order valence-corrected chi connectivity index (χ4v) is 3.65. The van der Waals surface area contributed by atoms with Gasteiger partial charge in [-0.3, -0.25) is 4.98 Å². The first-order valence-corrected chi connectivity index (χ1v) is 9.41. The van der Waals surface area contributed by atoms with Gasteiger partial charge in [-0.15, -0.1) is 0 Å². The van der Waals surface area contributed by atoms with Gasteiger partial charge in [-0.1, -0.05) is 31.5 Å². The Kier molecular flexibility index (Phi) is 5.95. The maximum Gasteiger partial charge on any atom is 0.416 e. The van der Waals surface area contributed by atoms with Crippen LogP contribution in [0.1, 0.15) is 37.7 Å². The number of rotatable bonds is 6. The third-order valence-corrected chi connectivity index (χ3v) is 5.06. The van der Waals surface area contributed by atoms with E-state index in [1.165, 1.54) is 6.07 Å². The van der Waals surface area contributed by atoms with Gasteiger partial charge in [-0.2, -0.15) is 13.2 Å². The van der Waals surface area contributed by atoms with Gasteiger partial charge < -0.3 is 9.30 Å². The summed E-state index contributed by atoms with van der Waals surface area (Å²) in [7, 11) is 1.66. The number of halogens is 4. The molecule has 1 atom stereocenters. The van der Waals surface area contributed by atoms with Crippen molar-refractivity contribution in [1.82, 2.24) is 14.5 Å². The van der Waals surface area contributed by atoms with Gasteiger partial charge in [0, 0.05) is 25.3 Å². The van der Waals surface area contributed by atoms with Crippen molar-refractivity contribution < 1.29 is 17.9 Å². The maximum absolute atomic E-state index is 13.0. The monoisotopic (exact) mass is 411 g/mol. The highest BCUT2D eigenvalue weighted by molar-refractivity contribution is 6.33. The number of ether oxygens (including phenoxy) is 1. The van der Waals surface area contributed by atoms with E-state index < -0.39 is 11.7 Å². The average molecular weight is 412 g/mol. The maximum atomic E-state index is 13.0. The molecule has 0 N–H and O–H groups in total. The van der Waals surface area contributed by atoms with Crippen molar-refractivity contribution in [2.75, 3.05) is 13.7 Å². The lowest BCUT2D eigenvalue weighted by atomic mass is 10.1. The molecule has 2 heterocycles. The van der Waals surface area contributed by atoms with Gasteiger partial charge in [0.05, 0.1) is 34.4 Å². The Morgan fingerprint density at radius 1 is 1.21 bits per heavy atom. The molecule has 3 aromatic rings. The second kappa shape index (κ2) is 8.09. The average Bonchev–Trinajstić information content (AvgIpc) is 3.04. The van der Waals surface area contributed by atoms with Gasteiger partial charge in [0.25, 0.3) is 0 Å². The number of benzene rings is 1. The van der Waals surface area contributed by atoms with Crippen molar-refractivity contribution in [3.8, 4) is 11.3 Å². The van der Waals surface area contributed by atoms with Crippen LogP contribution in [0.3, 0.4) is 0 Å². The normalized spacial score (nSPS) is 13.2. The summed E-state index contributed by atoms with van der Waals surface area (Å²) in [5.74, 6) is 0.871. The van der Waals surface area contributed by atoms with E-state index in [0.717, 1.165) is 29.9 Å². The molecule has 4 nitrogen and oxygen atoms in total. The van der Waals surface area contributed by atoms with Crippen molar-refractivity contribution in [1.29, 1.82) is 0 Å². The summed E-state index contributed by atoms with van der Waals surface area (Å²) in [6, 6.07) is 5.25. The molecule has 0 fully saturated rings. The van der Waals surface area contributed by atoms with Gasteiger partial charge in [0.2, 0.25) is 0 Å². The zero-order valence-electron chi connectivity index (χ0n) is 15.8. The van der Waals surface area contributed by atoms with Crippen molar-refractivity contribution >= 4 is 22.6 Å². The molecule has 0 spiro atoms. The Hall–Kier alpha value is -2.12. The van der Waals surface area contributed by atoms with Gasteiger partial charge in [-0.05, 0) is 24.6 Å². The quantitative estimate of drug-likeness (QED) is 0.504. The summed E-state index contributed by atoms with van der Waals surface area (Å²) >= 11 is 6.20. The first-order valence-electron chi connectivity index (χ1n) is 9.03. The predicted molar refractivity (Wildman–Crippen MR) is 104 cm³/mol. The molecule has 0 aliphatic carbocycles. The largest absolute Gasteiger partial charge is 0.416 e. The molecule has 0 aliphatic heterocycles. The molecule has 0 amide bonds. The molecule has 0 bridgehead atoms. The van der Waals surface area contributed by atoms with Crippen molar-refractivity contribution in [2.24, 2.45) is 0 Å². The molecule has 1 aromatic carbocycles. The molecule has 8 heteroatoms. The number of imidazole rings is 1. The standard InChI is InChI=1S/C20H21ClF3N3O/c1-4-13(11-28-3)27-16-8-9-25-18(19(16)26-17(27)5-2)14-7-6-12(10-15(14)21)20(22,23)24/h6-10,13H,4-5,11H2,1-3H3. The van der Waals surface area contributed by atoms with E-state index in [0.29, 0.717) is 29.8 Å². The van der Waals surface area contributed by atoms with E-state index in [-0.39, 0.29) is 11.1 Å². The number of aryl methyl sites for hydroxylation is 1. The minimum absolute atomic E-state index is 0.00800. The van der Waals surface area contributed by atoms with E-state index in [9.17, 15) is 13.2 Å². The van der Waals surface area contributed by atoms with E-state index in [2.05, 4.69) is 16.5 Å². The zero-order chi connectivity index (χ0) is 20.5. The summed E-state index contributed by atoms with van der Waals surface area (Å²) in [5.41, 5.74) is 1.58. The number of hydrogen-bond acceptors (Lipinski definition) is 3. The van der Waals surface area contributed by atoms with Crippen molar-refractivity contribution in [3.05, 3.63) is 46.9 Å². The third kappa shape index (κ3) is 3.73. The number of methoxy groups -OCH3 is 1. The molecule has 3 rings (SSSR count).